The summed E-state index contributed by atoms with van der Waals surface area (Å²) in [5, 5.41) is 17.7. The predicted molar refractivity (Wildman–Crippen MR) is 75.0 cm³/mol. The monoisotopic (exact) mass is 318 g/mol. The number of methoxy groups -OCH3 is 1. The molecule has 0 saturated heterocycles. The molecule has 1 aromatic carbocycles. The van der Waals surface area contributed by atoms with Gasteiger partial charge in [0.05, 0.1) is 13.4 Å². The second kappa shape index (κ2) is 7.28. The number of rotatable bonds is 8. The minimum Gasteiger partial charge on any atom is -0.493 e. The minimum absolute atomic E-state index is 0.0920. The number of aryl methyl sites for hydroxylation is 1. The maximum Gasteiger partial charge on any atom is 0.332 e. The van der Waals surface area contributed by atoms with E-state index in [1.165, 1.54) is 13.2 Å². The molecule has 0 spiro atoms. The summed E-state index contributed by atoms with van der Waals surface area (Å²) in [7, 11) is -2.25. The topological polar surface area (TPSA) is 110 Å². The summed E-state index contributed by atoms with van der Waals surface area (Å²) in [6.45, 7) is 0. The van der Waals surface area contributed by atoms with Gasteiger partial charge in [-0.3, -0.25) is 0 Å². The molecule has 0 aliphatic rings. The van der Waals surface area contributed by atoms with Gasteiger partial charge in [0.2, 0.25) is 0 Å². The lowest BCUT2D eigenvalue weighted by Gasteiger charge is -2.11. The fraction of sp³-hybridized carbons (Fsp3) is 0.462. The largest absolute Gasteiger partial charge is 0.493 e. The van der Waals surface area contributed by atoms with Crippen LogP contribution in [0.15, 0.2) is 18.2 Å². The van der Waals surface area contributed by atoms with Gasteiger partial charge in [-0.15, -0.1) is 0 Å². The van der Waals surface area contributed by atoms with Gasteiger partial charge >= 0.3 is 16.1 Å². The number of carboxylic acid groups (broad SMARTS) is 1. The molecule has 0 aliphatic heterocycles. The van der Waals surface area contributed by atoms with Crippen molar-refractivity contribution in [2.75, 3.05) is 13.4 Å². The summed E-state index contributed by atoms with van der Waals surface area (Å²) in [5.74, 6) is -0.879. The smallest absolute Gasteiger partial charge is 0.332 e. The van der Waals surface area contributed by atoms with Gasteiger partial charge in [0.15, 0.2) is 17.6 Å². The number of aliphatic hydroxyl groups excluding tert-OH is 1. The van der Waals surface area contributed by atoms with E-state index in [-0.39, 0.29) is 17.9 Å². The first-order chi connectivity index (χ1) is 9.73. The molecule has 0 heterocycles. The van der Waals surface area contributed by atoms with E-state index in [0.717, 1.165) is 11.8 Å². The Kier molecular flexibility index (Phi) is 5.98. The Balaban J connectivity index is 2.72. The molecule has 0 amide bonds. The van der Waals surface area contributed by atoms with Crippen LogP contribution in [0.2, 0.25) is 0 Å². The molecule has 7 nitrogen and oxygen atoms in total. The summed E-state index contributed by atoms with van der Waals surface area (Å²) < 4.78 is 32.1. The number of carbonyl (C=O) groups is 1. The van der Waals surface area contributed by atoms with Gasteiger partial charge in [0.25, 0.3) is 0 Å². The lowest BCUT2D eigenvalue weighted by Crippen LogP contribution is -2.19. The van der Waals surface area contributed by atoms with Crippen molar-refractivity contribution in [1.29, 1.82) is 0 Å². The number of ether oxygens (including phenoxy) is 1. The Hall–Kier alpha value is -1.80. The standard InChI is InChI=1S/C13H18O7S/c1-19-12-8-9(4-3-5-10(14)13(15)16)6-7-11(12)20-21(2,17)18/h6-8,10,14H,3-5H2,1-2H3,(H,15,16)/t10-/m1/s1. The fourth-order valence-electron chi connectivity index (χ4n) is 1.72. The Morgan fingerprint density at radius 1 is 1.33 bits per heavy atom. The maximum atomic E-state index is 11.1. The van der Waals surface area contributed by atoms with Gasteiger partial charge < -0.3 is 19.1 Å². The summed E-state index contributed by atoms with van der Waals surface area (Å²) in [6.07, 6.45) is 0.704. The van der Waals surface area contributed by atoms with Crippen LogP contribution in [0.1, 0.15) is 18.4 Å². The normalized spacial score (nSPS) is 12.7. The number of carboxylic acids is 1. The molecule has 0 aromatic heterocycles. The van der Waals surface area contributed by atoms with Gasteiger partial charge in [-0.25, -0.2) is 4.79 Å². The van der Waals surface area contributed by atoms with Crippen LogP contribution in [0.3, 0.4) is 0 Å². The van der Waals surface area contributed by atoms with Crippen molar-refractivity contribution in [3.8, 4) is 11.5 Å². The SMILES string of the molecule is COc1cc(CCC[C@@H](O)C(=O)O)ccc1OS(C)(=O)=O. The summed E-state index contributed by atoms with van der Waals surface area (Å²) >= 11 is 0. The lowest BCUT2D eigenvalue weighted by molar-refractivity contribution is -0.146. The average Bonchev–Trinajstić information content (AvgIpc) is 2.38. The van der Waals surface area contributed by atoms with E-state index in [9.17, 15) is 13.2 Å². The highest BCUT2D eigenvalue weighted by Crippen LogP contribution is 2.29. The zero-order valence-corrected chi connectivity index (χ0v) is 12.6. The third-order valence-corrected chi connectivity index (χ3v) is 3.18. The molecule has 118 valence electrons. The van der Waals surface area contributed by atoms with Crippen LogP contribution in [0.4, 0.5) is 0 Å². The first kappa shape index (κ1) is 17.3. The third-order valence-electron chi connectivity index (χ3n) is 2.70. The number of benzene rings is 1. The molecule has 0 aliphatic carbocycles. The molecule has 2 N–H and O–H groups in total. The zero-order chi connectivity index (χ0) is 16.0. The number of aliphatic hydroxyl groups is 1. The van der Waals surface area contributed by atoms with E-state index < -0.39 is 22.2 Å². The molecule has 1 aromatic rings. The summed E-state index contributed by atoms with van der Waals surface area (Å²) in [5.41, 5.74) is 0.824. The highest BCUT2D eigenvalue weighted by Gasteiger charge is 2.14. The lowest BCUT2D eigenvalue weighted by atomic mass is 10.1. The van der Waals surface area contributed by atoms with Crippen molar-refractivity contribution in [2.45, 2.75) is 25.4 Å². The van der Waals surface area contributed by atoms with Crippen LogP contribution in [0, 0.1) is 0 Å². The summed E-state index contributed by atoms with van der Waals surface area (Å²) in [6, 6.07) is 4.76. The van der Waals surface area contributed by atoms with Gasteiger partial charge in [-0.2, -0.15) is 8.42 Å². The Labute approximate surface area is 123 Å². The van der Waals surface area contributed by atoms with Gasteiger partial charge in [-0.1, -0.05) is 6.07 Å². The fourth-order valence-corrected chi connectivity index (χ4v) is 2.19. The highest BCUT2D eigenvalue weighted by atomic mass is 32.2. The third kappa shape index (κ3) is 6.01. The molecule has 0 radical (unpaired) electrons. The maximum absolute atomic E-state index is 11.1. The number of hydrogen-bond acceptors (Lipinski definition) is 6. The predicted octanol–water partition coefficient (Wildman–Crippen LogP) is 0.802. The molecule has 0 fully saturated rings. The van der Waals surface area contributed by atoms with Crippen LogP contribution >= 0.6 is 0 Å². The van der Waals surface area contributed by atoms with E-state index in [0.29, 0.717) is 12.8 Å². The van der Waals surface area contributed by atoms with E-state index in [1.807, 2.05) is 0 Å². The Morgan fingerprint density at radius 2 is 2.00 bits per heavy atom. The van der Waals surface area contributed by atoms with E-state index >= 15 is 0 Å². The molecule has 0 bridgehead atoms. The summed E-state index contributed by atoms with van der Waals surface area (Å²) in [4.78, 5) is 10.5. The number of hydrogen-bond donors (Lipinski definition) is 2. The molecule has 8 heteroatoms. The second-order valence-corrected chi connectivity index (χ2v) is 6.09. The van der Waals surface area contributed by atoms with Crippen LogP contribution < -0.4 is 8.92 Å². The van der Waals surface area contributed by atoms with Crippen molar-refractivity contribution < 1.29 is 32.3 Å². The molecule has 1 rings (SSSR count). The van der Waals surface area contributed by atoms with Crippen molar-refractivity contribution >= 4 is 16.1 Å². The van der Waals surface area contributed by atoms with E-state index in [1.54, 1.807) is 12.1 Å². The van der Waals surface area contributed by atoms with E-state index in [2.05, 4.69) is 0 Å². The van der Waals surface area contributed by atoms with E-state index in [4.69, 9.17) is 19.1 Å². The molecule has 0 saturated carbocycles. The molecule has 21 heavy (non-hydrogen) atoms. The average molecular weight is 318 g/mol. The Bertz CT molecular complexity index is 595. The van der Waals surface area contributed by atoms with Crippen molar-refractivity contribution in [2.24, 2.45) is 0 Å². The van der Waals surface area contributed by atoms with Crippen LogP contribution in [-0.2, 0) is 21.3 Å². The highest BCUT2D eigenvalue weighted by molar-refractivity contribution is 7.86. The van der Waals surface area contributed by atoms with Crippen LogP contribution in [0.25, 0.3) is 0 Å². The minimum atomic E-state index is -3.64. The molecule has 0 unspecified atom stereocenters. The van der Waals surface area contributed by atoms with Gasteiger partial charge in [-0.05, 0) is 37.0 Å². The van der Waals surface area contributed by atoms with Crippen molar-refractivity contribution in [3.63, 3.8) is 0 Å². The first-order valence-electron chi connectivity index (χ1n) is 6.20. The molecule has 1 atom stereocenters. The van der Waals surface area contributed by atoms with Gasteiger partial charge in [0, 0.05) is 0 Å². The van der Waals surface area contributed by atoms with Crippen molar-refractivity contribution in [1.82, 2.24) is 0 Å². The van der Waals surface area contributed by atoms with Gasteiger partial charge in [0.1, 0.15) is 0 Å². The Morgan fingerprint density at radius 3 is 2.52 bits per heavy atom. The molecular formula is C13H18O7S. The van der Waals surface area contributed by atoms with Crippen LogP contribution in [-0.4, -0.2) is 44.1 Å². The number of aliphatic carboxylic acids is 1. The second-order valence-electron chi connectivity index (χ2n) is 4.52. The van der Waals surface area contributed by atoms with Crippen LogP contribution in [0.5, 0.6) is 11.5 Å². The zero-order valence-electron chi connectivity index (χ0n) is 11.8. The molecular weight excluding hydrogens is 300 g/mol. The van der Waals surface area contributed by atoms with Crippen molar-refractivity contribution in [3.05, 3.63) is 23.8 Å². The quantitative estimate of drug-likeness (QED) is 0.682. The first-order valence-corrected chi connectivity index (χ1v) is 8.02.